The molecule has 1 aromatic heterocycles. The van der Waals surface area contributed by atoms with Crippen LogP contribution < -0.4 is 10.6 Å². The number of benzene rings is 4. The summed E-state index contributed by atoms with van der Waals surface area (Å²) >= 11 is 0. The predicted octanol–water partition coefficient (Wildman–Crippen LogP) is 9.86. The van der Waals surface area contributed by atoms with Gasteiger partial charge in [-0.25, -0.2) is 4.98 Å². The summed E-state index contributed by atoms with van der Waals surface area (Å²) in [5.41, 5.74) is 7.18. The van der Waals surface area contributed by atoms with Crippen molar-refractivity contribution in [1.82, 2.24) is 20.6 Å². The molecule has 0 radical (unpaired) electrons. The van der Waals surface area contributed by atoms with Gasteiger partial charge in [0.15, 0.2) is 23.0 Å². The standard InChI is InChI=1S/C58H66N4O6/c63-44-18-11-34(29-47(44)66)9-15-39-40-6-1-7-45(64)49(40)52(68)51(67)41(39)16-10-33-8-14-38-35(28-33)12-17-42-50(38)62-54-43(56(42)24-26-59-27-25-56)30-37-5-3-21-57(37)23-22-55-20-2-4-36(55)13-19-46(65)53(55)58(54,57)48-31-60-32-61-48/h1,6-9,11,13-15,18-19,28-29,31-32,36-37,42-43,46,50,53-54,59,62-68H,2-5,10,12,16-17,20-27,30H2,(H,60,61)/b15-9+/t36-,37-,42-,43+,46+,50-,53-,54+,55+,57-,58+/m0/s1. The van der Waals surface area contributed by atoms with Crippen molar-refractivity contribution in [3.05, 3.63) is 118 Å². The Morgan fingerprint density at radius 3 is 2.46 bits per heavy atom. The largest absolute Gasteiger partial charge is 0.507 e. The first kappa shape index (κ1) is 42.8. The molecule has 2 aliphatic heterocycles. The van der Waals surface area contributed by atoms with E-state index in [2.05, 4.69) is 52.2 Å². The summed E-state index contributed by atoms with van der Waals surface area (Å²) < 4.78 is 0. The van der Waals surface area contributed by atoms with E-state index in [1.807, 2.05) is 18.5 Å². The van der Waals surface area contributed by atoms with Gasteiger partial charge in [0.1, 0.15) is 5.75 Å². The number of aliphatic hydroxyl groups excluding tert-OH is 1. The van der Waals surface area contributed by atoms with E-state index in [4.69, 9.17) is 4.98 Å². The summed E-state index contributed by atoms with van der Waals surface area (Å²) in [5.74, 6) is 1.10. The van der Waals surface area contributed by atoms with E-state index >= 15 is 0 Å². The molecule has 9 N–H and O–H groups in total. The minimum absolute atomic E-state index is 0.0829. The van der Waals surface area contributed by atoms with Gasteiger partial charge >= 0.3 is 0 Å². The number of nitrogens with one attached hydrogen (secondary N) is 3. The zero-order valence-electron chi connectivity index (χ0n) is 38.9. The smallest absolute Gasteiger partial charge is 0.169 e. The summed E-state index contributed by atoms with van der Waals surface area (Å²) in [6.07, 6.45) is 28.7. The average Bonchev–Trinajstić information content (AvgIpc) is 4.14. The zero-order chi connectivity index (χ0) is 46.2. The SMILES string of the molecule is Oc1ccc(/C=C/c2c(CCc3ccc4c(c3)CC[C@H]3[C@H]4N[C@@H]4[C@@H](C[C@@H]5CCC[C@]56CC[C@]57CCC[C@H]5C=C[C@@H](O)[C@@H]7[C@]46c4cnc[nH]4)C34CCNCC4)c(O)c(O)c3c(O)cccc23)cc1O. The molecule has 68 heavy (non-hydrogen) atoms. The second kappa shape index (κ2) is 15.6. The molecule has 8 aliphatic rings. The molecule has 0 bridgehead atoms. The van der Waals surface area contributed by atoms with Crippen molar-refractivity contribution in [1.29, 1.82) is 0 Å². The minimum atomic E-state index is -0.499. The Balaban J connectivity index is 0.900. The minimum Gasteiger partial charge on any atom is -0.507 e. The highest BCUT2D eigenvalue weighted by atomic mass is 16.3. The molecule has 6 fully saturated rings. The molecule has 354 valence electrons. The number of imidazole rings is 1. The van der Waals surface area contributed by atoms with Gasteiger partial charge in [-0.1, -0.05) is 73.5 Å². The van der Waals surface area contributed by atoms with Gasteiger partial charge in [-0.3, -0.25) is 0 Å². The number of phenols is 5. The van der Waals surface area contributed by atoms with E-state index in [1.54, 1.807) is 18.2 Å². The summed E-state index contributed by atoms with van der Waals surface area (Å²) in [4.78, 5) is 8.72. The van der Waals surface area contributed by atoms with Gasteiger partial charge in [0.25, 0.3) is 0 Å². The number of aromatic hydroxyl groups is 5. The van der Waals surface area contributed by atoms with Crippen LogP contribution in [0.25, 0.3) is 22.9 Å². The van der Waals surface area contributed by atoms with Crippen molar-refractivity contribution in [3.63, 3.8) is 0 Å². The number of aryl methyl sites for hydroxylation is 2. The molecule has 2 saturated heterocycles. The van der Waals surface area contributed by atoms with Crippen molar-refractivity contribution in [2.75, 3.05) is 13.1 Å². The Hall–Kier alpha value is -5.29. The molecule has 4 aromatic carbocycles. The van der Waals surface area contributed by atoms with E-state index < -0.39 is 6.10 Å². The fourth-order valence-corrected chi connectivity index (χ4v) is 18.2. The number of phenolic OH excluding ortho intramolecular Hbond substituents is 5. The second-order valence-electron chi connectivity index (χ2n) is 22.7. The van der Waals surface area contributed by atoms with E-state index in [9.17, 15) is 30.6 Å². The maximum atomic E-state index is 12.8. The molecule has 10 nitrogen and oxygen atoms in total. The molecule has 10 heteroatoms. The molecule has 11 atom stereocenters. The van der Waals surface area contributed by atoms with E-state index in [0.717, 1.165) is 25.9 Å². The maximum Gasteiger partial charge on any atom is 0.169 e. The lowest BCUT2D eigenvalue weighted by Gasteiger charge is -2.75. The number of piperidine rings is 2. The number of rotatable bonds is 6. The first-order valence-corrected chi connectivity index (χ1v) is 25.9. The van der Waals surface area contributed by atoms with Crippen LogP contribution in [0, 0.1) is 45.8 Å². The van der Waals surface area contributed by atoms with Gasteiger partial charge in [-0.05, 0) is 188 Å². The van der Waals surface area contributed by atoms with Crippen LogP contribution in [0.2, 0.25) is 0 Å². The monoisotopic (exact) mass is 914 g/mol. The molecule has 0 unspecified atom stereocenters. The lowest BCUT2D eigenvalue weighted by Crippen LogP contribution is -2.79. The van der Waals surface area contributed by atoms with Gasteiger partial charge in [-0.15, -0.1) is 0 Å². The first-order chi connectivity index (χ1) is 33.1. The number of fused-ring (bicyclic) bond motifs is 9. The molecule has 4 saturated carbocycles. The number of nitrogens with zero attached hydrogens (tertiary/aromatic N) is 1. The number of H-pyrrole nitrogens is 1. The third-order valence-corrected chi connectivity index (χ3v) is 20.6. The van der Waals surface area contributed by atoms with Crippen LogP contribution in [-0.2, 0) is 24.7 Å². The number of aliphatic hydroxyl groups is 1. The molecule has 13 rings (SSSR count). The van der Waals surface area contributed by atoms with Crippen LogP contribution >= 0.6 is 0 Å². The Morgan fingerprint density at radius 1 is 0.750 bits per heavy atom. The van der Waals surface area contributed by atoms with Crippen LogP contribution in [0.5, 0.6) is 28.7 Å². The molecule has 0 amide bonds. The molecule has 5 aromatic rings. The summed E-state index contributed by atoms with van der Waals surface area (Å²) in [5, 5.41) is 76.1. The zero-order valence-corrected chi connectivity index (χ0v) is 38.9. The third kappa shape index (κ3) is 5.77. The summed E-state index contributed by atoms with van der Waals surface area (Å²) in [7, 11) is 0. The van der Waals surface area contributed by atoms with E-state index in [0.29, 0.717) is 58.6 Å². The summed E-state index contributed by atoms with van der Waals surface area (Å²) in [6.45, 7) is 2.11. The van der Waals surface area contributed by atoms with Gasteiger partial charge in [0.05, 0.1) is 17.8 Å². The molecule has 3 heterocycles. The lowest BCUT2D eigenvalue weighted by atomic mass is 9.31. The van der Waals surface area contributed by atoms with Crippen molar-refractivity contribution in [2.24, 2.45) is 45.8 Å². The van der Waals surface area contributed by atoms with Crippen LogP contribution in [-0.4, -0.2) is 65.8 Å². The molecular weight excluding hydrogens is 849 g/mol. The van der Waals surface area contributed by atoms with Crippen molar-refractivity contribution in [2.45, 2.75) is 120 Å². The first-order valence-electron chi connectivity index (χ1n) is 25.9. The topological polar surface area (TPSA) is 174 Å². The van der Waals surface area contributed by atoms with Gasteiger partial charge in [-0.2, -0.15) is 0 Å². The Bertz CT molecular complexity index is 2870. The number of aromatic nitrogens is 2. The highest BCUT2D eigenvalue weighted by Crippen LogP contribution is 2.79. The highest BCUT2D eigenvalue weighted by molar-refractivity contribution is 6.03. The van der Waals surface area contributed by atoms with Crippen LogP contribution in [0.1, 0.15) is 122 Å². The number of hydrogen-bond acceptors (Lipinski definition) is 9. The quantitative estimate of drug-likeness (QED) is 0.0457. The fourth-order valence-electron chi connectivity index (χ4n) is 18.2. The van der Waals surface area contributed by atoms with Crippen molar-refractivity contribution >= 4 is 22.9 Å². The Kier molecular flexibility index (Phi) is 9.82. The van der Waals surface area contributed by atoms with Crippen LogP contribution in [0.15, 0.2) is 79.3 Å². The van der Waals surface area contributed by atoms with E-state index in [1.165, 1.54) is 111 Å². The number of allylic oxidation sites excluding steroid dienone is 1. The lowest BCUT2D eigenvalue weighted by molar-refractivity contribution is -0.225. The average molecular weight is 915 g/mol. The van der Waals surface area contributed by atoms with Crippen LogP contribution in [0.3, 0.4) is 0 Å². The number of hydrogen-bond donors (Lipinski definition) is 9. The number of aromatic amines is 1. The van der Waals surface area contributed by atoms with Gasteiger partial charge in [0, 0.05) is 40.9 Å². The molecular formula is C58H66N4O6. The third-order valence-electron chi connectivity index (χ3n) is 20.6. The van der Waals surface area contributed by atoms with Crippen molar-refractivity contribution < 1.29 is 30.6 Å². The normalized spacial score (nSPS) is 35.3. The molecule has 6 aliphatic carbocycles. The van der Waals surface area contributed by atoms with Crippen LogP contribution in [0.4, 0.5) is 0 Å². The fraction of sp³-hybridized carbons (Fsp3) is 0.500. The maximum absolute atomic E-state index is 12.8. The Morgan fingerprint density at radius 2 is 1.62 bits per heavy atom. The van der Waals surface area contributed by atoms with Gasteiger partial charge in [0.2, 0.25) is 0 Å². The predicted molar refractivity (Wildman–Crippen MR) is 263 cm³/mol. The summed E-state index contributed by atoms with van der Waals surface area (Å²) in [6, 6.07) is 17.1. The Labute approximate surface area is 398 Å². The molecule has 3 spiro atoms. The van der Waals surface area contributed by atoms with Gasteiger partial charge < -0.3 is 46.3 Å². The highest BCUT2D eigenvalue weighted by Gasteiger charge is 2.78. The van der Waals surface area contributed by atoms with Crippen molar-refractivity contribution in [3.8, 4) is 28.7 Å². The van der Waals surface area contributed by atoms with E-state index in [-0.39, 0.29) is 73.8 Å². The second-order valence-corrected chi connectivity index (χ2v) is 22.7.